The average molecular weight is 701 g/mol. The number of aromatic nitrogens is 1. The summed E-state index contributed by atoms with van der Waals surface area (Å²) in [5, 5.41) is 3.94. The molecule has 2 aliphatic heterocycles. The summed E-state index contributed by atoms with van der Waals surface area (Å²) in [5.41, 5.74) is 1.89. The standard InChI is InChI=1S/C41H47F3N4O3/c1-27(2)51-36-25-34-32(24-35(36)50-3)37(39(49)46-40(17-18-40)29-12-6-4-7-13-29)33(38(45-34)28-11-10-14-30(23-28)41(42,43)44)26-47-21-15-31(16-22-47)48-19-8-5-9-20-48/h4,6-7,10-14,23-25,27,31H,5,8-9,15-22,26H2,1-3H3,(H,46,49). The molecule has 7 nitrogen and oxygen atoms in total. The van der Waals surface area contributed by atoms with E-state index >= 15 is 0 Å². The maximum absolute atomic E-state index is 14.9. The number of nitrogens with zero attached hydrogens (tertiary/aromatic N) is 3. The van der Waals surface area contributed by atoms with Gasteiger partial charge in [-0.3, -0.25) is 9.69 Å². The third-order valence-electron chi connectivity index (χ3n) is 10.7. The SMILES string of the molecule is COc1cc2c(C(=O)NC3(c4ccccc4)CC3)c(CN3CCC(N4CCCCC4)CC3)c(-c3cccc(C(F)(F)F)c3)nc2cc1OC(C)C. The van der Waals surface area contributed by atoms with Crippen molar-refractivity contribution in [1.82, 2.24) is 20.1 Å². The lowest BCUT2D eigenvalue weighted by molar-refractivity contribution is -0.137. The second kappa shape index (κ2) is 14.5. The number of carbonyl (C=O) groups is 1. The summed E-state index contributed by atoms with van der Waals surface area (Å²) in [4.78, 5) is 24.9. The Kier molecular flexibility index (Phi) is 10.0. The lowest BCUT2D eigenvalue weighted by Crippen LogP contribution is -2.46. The second-order valence-electron chi connectivity index (χ2n) is 14.6. The molecule has 0 radical (unpaired) electrons. The number of alkyl halides is 3. The minimum absolute atomic E-state index is 0.171. The number of hydrogen-bond donors (Lipinski definition) is 1. The third kappa shape index (κ3) is 7.58. The van der Waals surface area contributed by atoms with Crippen LogP contribution in [0.5, 0.6) is 11.5 Å². The van der Waals surface area contributed by atoms with Crippen molar-refractivity contribution in [3.63, 3.8) is 0 Å². The van der Waals surface area contributed by atoms with Crippen LogP contribution in [-0.2, 0) is 18.3 Å². The van der Waals surface area contributed by atoms with Crippen molar-refractivity contribution in [2.24, 2.45) is 0 Å². The Morgan fingerprint density at radius 2 is 1.67 bits per heavy atom. The van der Waals surface area contributed by atoms with Crippen molar-refractivity contribution in [1.29, 1.82) is 0 Å². The molecule has 1 saturated carbocycles. The normalized spacial score (nSPS) is 18.6. The van der Waals surface area contributed by atoms with E-state index in [9.17, 15) is 18.0 Å². The van der Waals surface area contributed by atoms with E-state index in [1.165, 1.54) is 25.3 Å². The minimum Gasteiger partial charge on any atom is -0.493 e. The zero-order valence-corrected chi connectivity index (χ0v) is 29.7. The molecule has 4 aromatic rings. The van der Waals surface area contributed by atoms with Crippen LogP contribution in [0.4, 0.5) is 13.2 Å². The lowest BCUT2D eigenvalue weighted by atomic mass is 9.93. The molecule has 0 bridgehead atoms. The van der Waals surface area contributed by atoms with Gasteiger partial charge in [-0.15, -0.1) is 0 Å². The van der Waals surface area contributed by atoms with E-state index in [4.69, 9.17) is 14.5 Å². The number of methoxy groups -OCH3 is 1. The number of ether oxygens (including phenoxy) is 2. The lowest BCUT2D eigenvalue weighted by Gasteiger charge is -2.40. The van der Waals surface area contributed by atoms with Crippen LogP contribution in [-0.4, -0.2) is 66.1 Å². The molecule has 3 aliphatic rings. The number of halogens is 3. The van der Waals surface area contributed by atoms with Gasteiger partial charge in [0, 0.05) is 35.2 Å². The molecule has 0 spiro atoms. The molecular formula is C41H47F3N4O3. The molecule has 51 heavy (non-hydrogen) atoms. The molecule has 2 saturated heterocycles. The highest BCUT2D eigenvalue weighted by Crippen LogP contribution is 2.47. The molecule has 7 rings (SSSR count). The Balaban J connectivity index is 1.37. The Morgan fingerprint density at radius 3 is 2.31 bits per heavy atom. The number of amides is 1. The Morgan fingerprint density at radius 1 is 0.941 bits per heavy atom. The number of fused-ring (bicyclic) bond motifs is 1. The molecular weight excluding hydrogens is 653 g/mol. The van der Waals surface area contributed by atoms with Crippen molar-refractivity contribution in [2.45, 2.75) is 89.2 Å². The Labute approximate surface area is 298 Å². The highest BCUT2D eigenvalue weighted by Gasteiger charge is 2.46. The molecule has 0 atom stereocenters. The summed E-state index contributed by atoms with van der Waals surface area (Å²) in [5.74, 6) is 0.621. The smallest absolute Gasteiger partial charge is 0.416 e. The third-order valence-corrected chi connectivity index (χ3v) is 10.7. The highest BCUT2D eigenvalue weighted by atomic mass is 19.4. The molecule has 10 heteroatoms. The fourth-order valence-corrected chi connectivity index (χ4v) is 7.91. The van der Waals surface area contributed by atoms with Gasteiger partial charge in [-0.05, 0) is 102 Å². The van der Waals surface area contributed by atoms with Gasteiger partial charge in [0.15, 0.2) is 11.5 Å². The topological polar surface area (TPSA) is 66.9 Å². The number of nitrogens with one attached hydrogen (secondary N) is 1. The molecule has 1 aliphatic carbocycles. The van der Waals surface area contributed by atoms with Crippen LogP contribution in [0.1, 0.15) is 85.8 Å². The summed E-state index contributed by atoms with van der Waals surface area (Å²) in [7, 11) is 1.56. The molecule has 3 aromatic carbocycles. The number of carbonyl (C=O) groups excluding carboxylic acids is 1. The summed E-state index contributed by atoms with van der Waals surface area (Å²) < 4.78 is 54.1. The first-order valence-electron chi connectivity index (χ1n) is 18.3. The van der Waals surface area contributed by atoms with Gasteiger partial charge in [-0.1, -0.05) is 48.9 Å². The van der Waals surface area contributed by atoms with Gasteiger partial charge < -0.3 is 19.7 Å². The van der Waals surface area contributed by atoms with E-state index in [2.05, 4.69) is 15.1 Å². The number of piperidine rings is 2. The Hall–Kier alpha value is -4.15. The van der Waals surface area contributed by atoms with Crippen LogP contribution in [0, 0.1) is 0 Å². The predicted molar refractivity (Wildman–Crippen MR) is 193 cm³/mol. The number of pyridine rings is 1. The molecule has 1 amide bonds. The molecule has 1 aromatic heterocycles. The largest absolute Gasteiger partial charge is 0.493 e. The van der Waals surface area contributed by atoms with Gasteiger partial charge in [-0.25, -0.2) is 4.98 Å². The van der Waals surface area contributed by atoms with Crippen LogP contribution < -0.4 is 14.8 Å². The number of hydrogen-bond acceptors (Lipinski definition) is 6. The number of likely N-dealkylation sites (tertiary alicyclic amines) is 2. The number of benzene rings is 3. The maximum Gasteiger partial charge on any atom is 0.416 e. The fourth-order valence-electron chi connectivity index (χ4n) is 7.91. The van der Waals surface area contributed by atoms with E-state index in [1.807, 2.05) is 44.2 Å². The van der Waals surface area contributed by atoms with Gasteiger partial charge in [-0.2, -0.15) is 13.2 Å². The zero-order valence-electron chi connectivity index (χ0n) is 29.7. The first-order chi connectivity index (χ1) is 24.5. The van der Waals surface area contributed by atoms with Crippen LogP contribution >= 0.6 is 0 Å². The molecule has 3 heterocycles. The molecule has 0 unspecified atom stereocenters. The summed E-state index contributed by atoms with van der Waals surface area (Å²) >= 11 is 0. The van der Waals surface area contributed by atoms with E-state index in [0.717, 1.165) is 69.6 Å². The van der Waals surface area contributed by atoms with Crippen LogP contribution in [0.3, 0.4) is 0 Å². The minimum atomic E-state index is -4.54. The van der Waals surface area contributed by atoms with Crippen LogP contribution in [0.2, 0.25) is 0 Å². The van der Waals surface area contributed by atoms with Crippen molar-refractivity contribution >= 4 is 16.8 Å². The first kappa shape index (κ1) is 35.3. The van der Waals surface area contributed by atoms with Gasteiger partial charge in [0.1, 0.15) is 0 Å². The first-order valence-corrected chi connectivity index (χ1v) is 18.3. The average Bonchev–Trinajstić information content (AvgIpc) is 3.92. The van der Waals surface area contributed by atoms with Crippen molar-refractivity contribution in [3.05, 3.63) is 89.0 Å². The van der Waals surface area contributed by atoms with Crippen LogP contribution in [0.25, 0.3) is 22.2 Å². The van der Waals surface area contributed by atoms with Gasteiger partial charge in [0.25, 0.3) is 5.91 Å². The maximum atomic E-state index is 14.9. The van der Waals surface area contributed by atoms with Crippen molar-refractivity contribution in [3.8, 4) is 22.8 Å². The predicted octanol–water partition coefficient (Wildman–Crippen LogP) is 8.59. The Bertz CT molecular complexity index is 1860. The fraction of sp³-hybridized carbons (Fsp3) is 0.463. The quantitative estimate of drug-likeness (QED) is 0.179. The van der Waals surface area contributed by atoms with E-state index in [1.54, 1.807) is 25.3 Å². The molecule has 3 fully saturated rings. The highest BCUT2D eigenvalue weighted by molar-refractivity contribution is 6.10. The van der Waals surface area contributed by atoms with E-state index < -0.39 is 17.3 Å². The second-order valence-corrected chi connectivity index (χ2v) is 14.6. The zero-order chi connectivity index (χ0) is 35.8. The van der Waals surface area contributed by atoms with Crippen LogP contribution in [0.15, 0.2) is 66.7 Å². The van der Waals surface area contributed by atoms with E-state index in [0.29, 0.717) is 57.4 Å². The van der Waals surface area contributed by atoms with Crippen molar-refractivity contribution < 1.29 is 27.4 Å². The summed E-state index contributed by atoms with van der Waals surface area (Å²) in [6, 6.07) is 19.3. The summed E-state index contributed by atoms with van der Waals surface area (Å²) in [6.07, 6.45) is 2.64. The number of rotatable bonds is 10. The van der Waals surface area contributed by atoms with Crippen molar-refractivity contribution in [2.75, 3.05) is 33.3 Å². The monoisotopic (exact) mass is 700 g/mol. The van der Waals surface area contributed by atoms with Gasteiger partial charge in [0.05, 0.1) is 41.1 Å². The van der Waals surface area contributed by atoms with Gasteiger partial charge in [0.2, 0.25) is 0 Å². The van der Waals surface area contributed by atoms with Gasteiger partial charge >= 0.3 is 6.18 Å². The summed E-state index contributed by atoms with van der Waals surface area (Å²) in [6.45, 7) is 8.09. The molecule has 1 N–H and O–H groups in total. The van der Waals surface area contributed by atoms with E-state index in [-0.39, 0.29) is 12.0 Å². The molecule has 270 valence electrons.